The van der Waals surface area contributed by atoms with Crippen LogP contribution >= 0.6 is 0 Å². The second-order valence-electron chi connectivity index (χ2n) is 7.01. The number of carbonyl (C=O) groups is 3. The first-order chi connectivity index (χ1) is 15.3. The van der Waals surface area contributed by atoms with Gasteiger partial charge in [0.25, 0.3) is 5.91 Å². The lowest BCUT2D eigenvalue weighted by molar-refractivity contribution is 0.0776. The third-order valence-electron chi connectivity index (χ3n) is 4.71. The Morgan fingerprint density at radius 1 is 1.19 bits per heavy atom. The molecule has 1 heterocycles. The molecule has 0 radical (unpaired) electrons. The molecule has 3 rings (SSSR count). The monoisotopic (exact) mass is 440 g/mol. The molecule has 8 nitrogen and oxygen atoms in total. The van der Waals surface area contributed by atoms with Gasteiger partial charge in [-0.1, -0.05) is 12.1 Å². The van der Waals surface area contributed by atoms with E-state index in [9.17, 15) is 23.9 Å². The van der Waals surface area contributed by atoms with Crippen molar-refractivity contribution >= 4 is 29.3 Å². The molecule has 0 aliphatic rings. The number of phenols is 1. The summed E-state index contributed by atoms with van der Waals surface area (Å²) in [5.74, 6) is -1.87. The van der Waals surface area contributed by atoms with Crippen LogP contribution in [0.25, 0.3) is 10.9 Å². The summed E-state index contributed by atoms with van der Waals surface area (Å²) in [5.41, 5.74) is 0.528. The molecule has 0 fully saturated rings. The van der Waals surface area contributed by atoms with Gasteiger partial charge >= 0.3 is 6.16 Å². The molecule has 0 unspecified atom stereocenters. The number of hydrogen-bond donors (Lipinski definition) is 1. The van der Waals surface area contributed by atoms with Crippen molar-refractivity contribution in [3.05, 3.63) is 64.6 Å². The van der Waals surface area contributed by atoms with Gasteiger partial charge in [-0.05, 0) is 43.7 Å². The lowest BCUT2D eigenvalue weighted by Crippen LogP contribution is -2.28. The minimum absolute atomic E-state index is 0.0317. The predicted octanol–water partition coefficient (Wildman–Crippen LogP) is 4.01. The fourth-order valence-corrected chi connectivity index (χ4v) is 3.21. The van der Waals surface area contributed by atoms with E-state index in [0.717, 1.165) is 0 Å². The molecule has 0 saturated heterocycles. The molecule has 3 aromatic rings. The normalized spacial score (nSPS) is 10.6. The largest absolute Gasteiger partial charge is 0.513 e. The van der Waals surface area contributed by atoms with Gasteiger partial charge in [0.05, 0.1) is 17.7 Å². The highest BCUT2D eigenvalue weighted by Gasteiger charge is 2.29. The molecule has 0 saturated carbocycles. The molecule has 9 heteroatoms. The van der Waals surface area contributed by atoms with Crippen LogP contribution in [0, 0.1) is 12.7 Å². The predicted molar refractivity (Wildman–Crippen MR) is 113 cm³/mol. The number of carbonyl (C=O) groups excluding carboxylic acids is 3. The molecule has 0 bridgehead atoms. The summed E-state index contributed by atoms with van der Waals surface area (Å²) >= 11 is 0. The van der Waals surface area contributed by atoms with Crippen molar-refractivity contribution in [1.29, 1.82) is 0 Å². The number of hydrogen-bond acceptors (Lipinski definition) is 7. The smallest absolute Gasteiger partial charge is 0.506 e. The summed E-state index contributed by atoms with van der Waals surface area (Å²) in [7, 11) is 1.46. The van der Waals surface area contributed by atoms with Crippen molar-refractivity contribution in [3.63, 3.8) is 0 Å². The molecule has 2 aromatic carbocycles. The zero-order valence-corrected chi connectivity index (χ0v) is 17.7. The van der Waals surface area contributed by atoms with Crippen molar-refractivity contribution in [1.82, 2.24) is 9.88 Å². The highest BCUT2D eigenvalue weighted by atomic mass is 19.1. The molecule has 1 amide bonds. The Hall–Kier alpha value is -4.01. The van der Waals surface area contributed by atoms with E-state index in [0.29, 0.717) is 17.5 Å². The van der Waals surface area contributed by atoms with Crippen molar-refractivity contribution in [2.45, 2.75) is 20.4 Å². The maximum atomic E-state index is 13.2. The Labute approximate surface area is 183 Å². The molecule has 0 atom stereocenters. The molecule has 166 valence electrons. The van der Waals surface area contributed by atoms with Gasteiger partial charge in [0.1, 0.15) is 17.1 Å². The number of aldehydes is 1. The van der Waals surface area contributed by atoms with Crippen LogP contribution in [0.4, 0.5) is 9.18 Å². The number of amides is 1. The Balaban J connectivity index is 2.14. The van der Waals surface area contributed by atoms with E-state index in [-0.39, 0.29) is 40.9 Å². The number of fused-ring (bicyclic) bond motifs is 1. The van der Waals surface area contributed by atoms with Crippen LogP contribution in [0.2, 0.25) is 0 Å². The van der Waals surface area contributed by atoms with E-state index < -0.39 is 23.6 Å². The van der Waals surface area contributed by atoms with Crippen LogP contribution in [0.1, 0.15) is 38.9 Å². The fourth-order valence-electron chi connectivity index (χ4n) is 3.21. The topological polar surface area (TPSA) is 106 Å². The first-order valence-electron chi connectivity index (χ1n) is 9.72. The van der Waals surface area contributed by atoms with Gasteiger partial charge in [-0.15, -0.1) is 0 Å². The minimum atomic E-state index is -1.08. The Bertz CT molecular complexity index is 1190. The van der Waals surface area contributed by atoms with Crippen molar-refractivity contribution in [2.24, 2.45) is 0 Å². The third-order valence-corrected chi connectivity index (χ3v) is 4.71. The van der Waals surface area contributed by atoms with Gasteiger partial charge < -0.3 is 19.5 Å². The maximum absolute atomic E-state index is 13.2. The van der Waals surface area contributed by atoms with Gasteiger partial charge in [0, 0.05) is 24.7 Å². The highest BCUT2D eigenvalue weighted by molar-refractivity contribution is 6.12. The fraction of sp³-hybridized carbons (Fsp3) is 0.217. The first kappa shape index (κ1) is 22.7. The first-order valence-corrected chi connectivity index (χ1v) is 9.72. The van der Waals surface area contributed by atoms with E-state index in [2.05, 4.69) is 4.98 Å². The van der Waals surface area contributed by atoms with Gasteiger partial charge in [0.2, 0.25) is 0 Å². The molecule has 0 aliphatic carbocycles. The number of pyridine rings is 1. The number of aromatic nitrogens is 1. The molecule has 0 spiro atoms. The average molecular weight is 440 g/mol. The number of benzene rings is 2. The maximum Gasteiger partial charge on any atom is 0.513 e. The van der Waals surface area contributed by atoms with Gasteiger partial charge in [0.15, 0.2) is 12.0 Å². The number of halogens is 1. The molecule has 0 aliphatic heterocycles. The van der Waals surface area contributed by atoms with Crippen LogP contribution in [-0.4, -0.2) is 47.0 Å². The SMILES string of the molecule is CCOC(=O)Oc1c(C=O)c(C(=O)N(C)Cc2ccc(F)cc2)c(O)c2ccc(C)nc12. The van der Waals surface area contributed by atoms with Gasteiger partial charge in [-0.25, -0.2) is 14.2 Å². The van der Waals surface area contributed by atoms with Crippen LogP contribution < -0.4 is 4.74 Å². The summed E-state index contributed by atoms with van der Waals surface area (Å²) in [6.07, 6.45) is -0.763. The summed E-state index contributed by atoms with van der Waals surface area (Å²) in [6.45, 7) is 3.37. The Morgan fingerprint density at radius 3 is 2.50 bits per heavy atom. The zero-order valence-electron chi connectivity index (χ0n) is 17.7. The number of aromatic hydroxyl groups is 1. The number of aryl methyl sites for hydroxylation is 1. The van der Waals surface area contributed by atoms with Crippen LogP contribution in [0.15, 0.2) is 36.4 Å². The van der Waals surface area contributed by atoms with E-state index in [1.54, 1.807) is 19.9 Å². The standard InChI is InChI=1S/C23H21FN2O6/c1-4-31-23(30)32-21-17(12-27)18(20(28)16-10-5-13(2)25-19(16)21)22(29)26(3)11-14-6-8-15(24)9-7-14/h5-10,12,28H,4,11H2,1-3H3. The van der Waals surface area contributed by atoms with Crippen molar-refractivity contribution in [3.8, 4) is 11.5 Å². The summed E-state index contributed by atoms with van der Waals surface area (Å²) in [5, 5.41) is 11.0. The molecular weight excluding hydrogens is 419 g/mol. The summed E-state index contributed by atoms with van der Waals surface area (Å²) < 4.78 is 23.2. The number of nitrogens with zero attached hydrogens (tertiary/aromatic N) is 2. The van der Waals surface area contributed by atoms with E-state index in [4.69, 9.17) is 9.47 Å². The molecule has 32 heavy (non-hydrogen) atoms. The lowest BCUT2D eigenvalue weighted by Gasteiger charge is -2.21. The van der Waals surface area contributed by atoms with E-state index in [1.165, 1.54) is 42.3 Å². The number of phenolic OH excluding ortho intramolecular Hbond substituents is 1. The van der Waals surface area contributed by atoms with Crippen LogP contribution in [0.3, 0.4) is 0 Å². The minimum Gasteiger partial charge on any atom is -0.506 e. The lowest BCUT2D eigenvalue weighted by atomic mass is 9.99. The number of ether oxygens (including phenoxy) is 2. The second-order valence-corrected chi connectivity index (χ2v) is 7.01. The van der Waals surface area contributed by atoms with Crippen LogP contribution in [0.5, 0.6) is 11.5 Å². The highest BCUT2D eigenvalue weighted by Crippen LogP contribution is 2.39. The second kappa shape index (κ2) is 9.42. The quantitative estimate of drug-likeness (QED) is 0.351. The molecule has 1 N–H and O–H groups in total. The Morgan fingerprint density at radius 2 is 1.88 bits per heavy atom. The molecule has 1 aromatic heterocycles. The van der Waals surface area contributed by atoms with E-state index in [1.807, 2.05) is 0 Å². The van der Waals surface area contributed by atoms with Crippen molar-refractivity contribution < 1.29 is 33.4 Å². The molecular formula is C23H21FN2O6. The third kappa shape index (κ3) is 4.51. The van der Waals surface area contributed by atoms with Crippen LogP contribution in [-0.2, 0) is 11.3 Å². The summed E-state index contributed by atoms with van der Waals surface area (Å²) in [4.78, 5) is 42.8. The van der Waals surface area contributed by atoms with E-state index >= 15 is 0 Å². The van der Waals surface area contributed by atoms with Gasteiger partial charge in [-0.3, -0.25) is 9.59 Å². The Kier molecular flexibility index (Phi) is 6.67. The zero-order chi connectivity index (χ0) is 23.4. The number of rotatable bonds is 6. The summed E-state index contributed by atoms with van der Waals surface area (Å²) in [6, 6.07) is 8.67. The average Bonchev–Trinajstić information content (AvgIpc) is 2.76. The van der Waals surface area contributed by atoms with Gasteiger partial charge in [-0.2, -0.15) is 0 Å². The van der Waals surface area contributed by atoms with Crippen molar-refractivity contribution in [2.75, 3.05) is 13.7 Å².